The van der Waals surface area contributed by atoms with Gasteiger partial charge in [-0.1, -0.05) is 24.3 Å². The largest absolute Gasteiger partial charge is 0.384 e. The van der Waals surface area contributed by atoms with Gasteiger partial charge in [-0.3, -0.25) is 4.90 Å². The summed E-state index contributed by atoms with van der Waals surface area (Å²) in [5, 5.41) is 0. The van der Waals surface area contributed by atoms with Gasteiger partial charge in [0.05, 0.1) is 6.61 Å². The smallest absolute Gasteiger partial charge is 0.0502 e. The van der Waals surface area contributed by atoms with E-state index >= 15 is 0 Å². The van der Waals surface area contributed by atoms with Crippen LogP contribution in [0.15, 0.2) is 24.3 Å². The van der Waals surface area contributed by atoms with Gasteiger partial charge in [0.25, 0.3) is 0 Å². The first-order valence-electron chi connectivity index (χ1n) is 7.67. The molecule has 0 bridgehead atoms. The van der Waals surface area contributed by atoms with Gasteiger partial charge in [-0.25, -0.2) is 0 Å². The standard InChI is InChI=1S/C17H28N2O/c1-13-7-4-5-9-16(13)17(14(2)18)19-10-6-8-15(11-19)12-20-3/h4-5,7,9,14-15,17H,6,8,10-12,18H2,1-3H3. The SMILES string of the molecule is COCC1CCCN(C(c2ccccc2C)C(C)N)C1. The van der Waals surface area contributed by atoms with Crippen molar-refractivity contribution in [2.24, 2.45) is 11.7 Å². The first-order valence-corrected chi connectivity index (χ1v) is 7.67. The molecule has 0 radical (unpaired) electrons. The minimum atomic E-state index is 0.136. The Bertz CT molecular complexity index is 417. The summed E-state index contributed by atoms with van der Waals surface area (Å²) >= 11 is 0. The molecule has 1 aliphatic rings. The molecule has 3 heteroatoms. The number of nitrogens with zero attached hydrogens (tertiary/aromatic N) is 1. The molecule has 1 fully saturated rings. The average Bonchev–Trinajstić information content (AvgIpc) is 2.42. The van der Waals surface area contributed by atoms with Crippen LogP contribution in [0.4, 0.5) is 0 Å². The zero-order valence-electron chi connectivity index (χ0n) is 13.0. The van der Waals surface area contributed by atoms with Crippen molar-refractivity contribution in [3.63, 3.8) is 0 Å². The van der Waals surface area contributed by atoms with Crippen LogP contribution in [-0.4, -0.2) is 37.7 Å². The molecule has 3 atom stereocenters. The maximum atomic E-state index is 6.31. The number of rotatable bonds is 5. The van der Waals surface area contributed by atoms with Crippen molar-refractivity contribution < 1.29 is 4.74 Å². The molecule has 3 unspecified atom stereocenters. The maximum absolute atomic E-state index is 6.31. The minimum absolute atomic E-state index is 0.136. The summed E-state index contributed by atoms with van der Waals surface area (Å²) in [6.07, 6.45) is 2.51. The molecule has 1 aromatic carbocycles. The Labute approximate surface area is 123 Å². The summed E-state index contributed by atoms with van der Waals surface area (Å²) < 4.78 is 5.34. The molecule has 0 spiro atoms. The summed E-state index contributed by atoms with van der Waals surface area (Å²) in [5.74, 6) is 0.638. The number of likely N-dealkylation sites (tertiary alicyclic amines) is 1. The van der Waals surface area contributed by atoms with Gasteiger partial charge in [0.1, 0.15) is 0 Å². The molecule has 112 valence electrons. The molecule has 0 amide bonds. The monoisotopic (exact) mass is 276 g/mol. The molecule has 1 aliphatic heterocycles. The fraction of sp³-hybridized carbons (Fsp3) is 0.647. The predicted octanol–water partition coefficient (Wildman–Crippen LogP) is 2.74. The first-order chi connectivity index (χ1) is 9.63. The lowest BCUT2D eigenvalue weighted by Crippen LogP contribution is -2.45. The molecular weight excluding hydrogens is 248 g/mol. The van der Waals surface area contributed by atoms with Crippen LogP contribution in [0.2, 0.25) is 0 Å². The van der Waals surface area contributed by atoms with E-state index in [1.54, 1.807) is 7.11 Å². The van der Waals surface area contributed by atoms with Crippen LogP contribution in [0.25, 0.3) is 0 Å². The normalized spacial score (nSPS) is 23.5. The number of nitrogens with two attached hydrogens (primary N) is 1. The van der Waals surface area contributed by atoms with Crippen molar-refractivity contribution in [2.45, 2.75) is 38.8 Å². The van der Waals surface area contributed by atoms with Crippen LogP contribution in [0.1, 0.15) is 36.9 Å². The van der Waals surface area contributed by atoms with E-state index in [2.05, 4.69) is 43.0 Å². The molecule has 20 heavy (non-hydrogen) atoms. The highest BCUT2D eigenvalue weighted by Crippen LogP contribution is 2.30. The zero-order valence-corrected chi connectivity index (χ0v) is 13.0. The molecule has 1 saturated heterocycles. The molecule has 0 aromatic heterocycles. The third kappa shape index (κ3) is 3.60. The molecule has 1 aromatic rings. The summed E-state index contributed by atoms with van der Waals surface area (Å²) in [4.78, 5) is 2.56. The van der Waals surface area contributed by atoms with Gasteiger partial charge in [0.15, 0.2) is 0 Å². The number of aryl methyl sites for hydroxylation is 1. The van der Waals surface area contributed by atoms with E-state index < -0.39 is 0 Å². The van der Waals surface area contributed by atoms with Crippen molar-refractivity contribution in [3.05, 3.63) is 35.4 Å². The molecule has 2 rings (SSSR count). The average molecular weight is 276 g/mol. The summed E-state index contributed by atoms with van der Waals surface area (Å²) in [6.45, 7) is 7.39. The van der Waals surface area contributed by atoms with Gasteiger partial charge >= 0.3 is 0 Å². The summed E-state index contributed by atoms with van der Waals surface area (Å²) in [7, 11) is 1.79. The van der Waals surface area contributed by atoms with E-state index in [0.29, 0.717) is 12.0 Å². The highest BCUT2D eigenvalue weighted by Gasteiger charge is 2.29. The van der Waals surface area contributed by atoms with Gasteiger partial charge in [0.2, 0.25) is 0 Å². The van der Waals surface area contributed by atoms with E-state index in [4.69, 9.17) is 10.5 Å². The van der Waals surface area contributed by atoms with Crippen molar-refractivity contribution in [3.8, 4) is 0 Å². The number of methoxy groups -OCH3 is 1. The maximum Gasteiger partial charge on any atom is 0.0502 e. The Morgan fingerprint density at radius 3 is 2.80 bits per heavy atom. The van der Waals surface area contributed by atoms with Crippen LogP contribution in [-0.2, 0) is 4.74 Å². The molecule has 1 heterocycles. The zero-order chi connectivity index (χ0) is 14.5. The lowest BCUT2D eigenvalue weighted by Gasteiger charge is -2.40. The number of ether oxygens (including phenoxy) is 1. The summed E-state index contributed by atoms with van der Waals surface area (Å²) in [5.41, 5.74) is 9.03. The van der Waals surface area contributed by atoms with Gasteiger partial charge in [-0.2, -0.15) is 0 Å². The number of benzene rings is 1. The van der Waals surface area contributed by atoms with Crippen molar-refractivity contribution in [1.82, 2.24) is 4.90 Å². The van der Waals surface area contributed by atoms with Gasteiger partial charge in [-0.05, 0) is 50.3 Å². The molecule has 0 aliphatic carbocycles. The van der Waals surface area contributed by atoms with Crippen molar-refractivity contribution in [1.29, 1.82) is 0 Å². The van der Waals surface area contributed by atoms with Gasteiger partial charge in [0, 0.05) is 25.7 Å². The second kappa shape index (κ2) is 7.21. The lowest BCUT2D eigenvalue weighted by atomic mass is 9.91. The Kier molecular flexibility index (Phi) is 5.58. The van der Waals surface area contributed by atoms with E-state index in [-0.39, 0.29) is 6.04 Å². The fourth-order valence-corrected chi connectivity index (χ4v) is 3.45. The van der Waals surface area contributed by atoms with E-state index in [0.717, 1.165) is 19.7 Å². The van der Waals surface area contributed by atoms with Crippen LogP contribution in [0, 0.1) is 12.8 Å². The van der Waals surface area contributed by atoms with Crippen LogP contribution < -0.4 is 5.73 Å². The Hall–Kier alpha value is -0.900. The van der Waals surface area contributed by atoms with E-state index in [9.17, 15) is 0 Å². The van der Waals surface area contributed by atoms with E-state index in [1.165, 1.54) is 24.0 Å². The second-order valence-electron chi connectivity index (χ2n) is 6.12. The van der Waals surface area contributed by atoms with E-state index in [1.807, 2.05) is 0 Å². The number of piperidine rings is 1. The third-order valence-corrected chi connectivity index (χ3v) is 4.35. The second-order valence-corrected chi connectivity index (χ2v) is 6.12. The predicted molar refractivity (Wildman–Crippen MR) is 83.7 cm³/mol. The minimum Gasteiger partial charge on any atom is -0.384 e. The number of hydrogen-bond donors (Lipinski definition) is 1. The quantitative estimate of drug-likeness (QED) is 0.898. The number of hydrogen-bond acceptors (Lipinski definition) is 3. The first kappa shape index (κ1) is 15.5. The molecular formula is C17H28N2O. The summed E-state index contributed by atoms with van der Waals surface area (Å²) in [6, 6.07) is 9.08. The highest BCUT2D eigenvalue weighted by atomic mass is 16.5. The van der Waals surface area contributed by atoms with Crippen LogP contribution >= 0.6 is 0 Å². The lowest BCUT2D eigenvalue weighted by molar-refractivity contribution is 0.0617. The Balaban J connectivity index is 2.18. The molecule has 3 nitrogen and oxygen atoms in total. The topological polar surface area (TPSA) is 38.5 Å². The van der Waals surface area contributed by atoms with Gasteiger partial charge in [-0.15, -0.1) is 0 Å². The van der Waals surface area contributed by atoms with Gasteiger partial charge < -0.3 is 10.5 Å². The van der Waals surface area contributed by atoms with Crippen molar-refractivity contribution >= 4 is 0 Å². The third-order valence-electron chi connectivity index (χ3n) is 4.35. The van der Waals surface area contributed by atoms with Crippen LogP contribution in [0.5, 0.6) is 0 Å². The van der Waals surface area contributed by atoms with Crippen LogP contribution in [0.3, 0.4) is 0 Å². The Morgan fingerprint density at radius 1 is 1.40 bits per heavy atom. The molecule has 2 N–H and O–H groups in total. The highest BCUT2D eigenvalue weighted by molar-refractivity contribution is 5.30. The molecule has 0 saturated carbocycles. The van der Waals surface area contributed by atoms with Crippen molar-refractivity contribution in [2.75, 3.05) is 26.8 Å². The Morgan fingerprint density at radius 2 is 2.15 bits per heavy atom. The fourth-order valence-electron chi connectivity index (χ4n) is 3.45.